The molecule has 9 heteroatoms. The summed E-state index contributed by atoms with van der Waals surface area (Å²) in [5.41, 5.74) is 0.740. The standard InChI is InChI=1S/C19H14FN3O3S2/c20-13-7-5-12(6-8-13)17(14-3-1-9-27-14)21-16(24)11-23-19(25)26-18(22-23)15-4-2-10-28-15/h1-10,17H,11H2,(H,21,24)/t17-/m1/s1. The maximum Gasteiger partial charge on any atom is 0.437 e. The van der Waals surface area contributed by atoms with Crippen LogP contribution in [-0.2, 0) is 11.3 Å². The molecule has 28 heavy (non-hydrogen) atoms. The van der Waals surface area contributed by atoms with E-state index in [1.165, 1.54) is 34.8 Å². The molecular weight excluding hydrogens is 401 g/mol. The summed E-state index contributed by atoms with van der Waals surface area (Å²) < 4.78 is 19.4. The molecule has 1 N–H and O–H groups in total. The number of hydrogen-bond donors (Lipinski definition) is 1. The third-order valence-corrected chi connectivity index (χ3v) is 5.76. The Kier molecular flexibility index (Phi) is 5.18. The number of amides is 1. The van der Waals surface area contributed by atoms with Crippen LogP contribution in [0.25, 0.3) is 10.8 Å². The van der Waals surface area contributed by atoms with Crippen molar-refractivity contribution in [1.82, 2.24) is 15.1 Å². The summed E-state index contributed by atoms with van der Waals surface area (Å²) in [5, 5.41) is 10.7. The summed E-state index contributed by atoms with van der Waals surface area (Å²) in [4.78, 5) is 26.2. The minimum absolute atomic E-state index is 0.182. The molecule has 0 aliphatic rings. The van der Waals surface area contributed by atoms with Gasteiger partial charge in [0.05, 0.1) is 10.9 Å². The first-order chi connectivity index (χ1) is 13.6. The topological polar surface area (TPSA) is 77.1 Å². The summed E-state index contributed by atoms with van der Waals surface area (Å²) in [7, 11) is 0. The van der Waals surface area contributed by atoms with E-state index in [0.717, 1.165) is 15.1 Å². The highest BCUT2D eigenvalue weighted by molar-refractivity contribution is 7.13. The first-order valence-corrected chi connectivity index (χ1v) is 10.1. The number of nitrogens with one attached hydrogen (secondary N) is 1. The molecule has 3 aromatic heterocycles. The number of thiophene rings is 2. The molecule has 1 aromatic carbocycles. The molecule has 0 aliphatic heterocycles. The van der Waals surface area contributed by atoms with Gasteiger partial charge in [-0.05, 0) is 40.6 Å². The highest BCUT2D eigenvalue weighted by atomic mass is 32.1. The number of nitrogens with zero attached hydrogens (tertiary/aromatic N) is 2. The van der Waals surface area contributed by atoms with E-state index in [1.54, 1.807) is 18.2 Å². The Morgan fingerprint density at radius 3 is 2.57 bits per heavy atom. The molecule has 0 saturated heterocycles. The molecule has 0 aliphatic carbocycles. The smallest absolute Gasteiger partial charge is 0.387 e. The van der Waals surface area contributed by atoms with Gasteiger partial charge in [-0.1, -0.05) is 24.3 Å². The monoisotopic (exact) mass is 415 g/mol. The van der Waals surface area contributed by atoms with Crippen LogP contribution in [0, 0.1) is 5.82 Å². The van der Waals surface area contributed by atoms with Crippen LogP contribution in [0.15, 0.2) is 68.5 Å². The van der Waals surface area contributed by atoms with Gasteiger partial charge in [-0.3, -0.25) is 4.79 Å². The van der Waals surface area contributed by atoms with Crippen LogP contribution < -0.4 is 11.1 Å². The van der Waals surface area contributed by atoms with Gasteiger partial charge in [0, 0.05) is 4.88 Å². The number of hydrogen-bond acceptors (Lipinski definition) is 6. The Labute approximate surface area is 166 Å². The van der Waals surface area contributed by atoms with Gasteiger partial charge in [0.2, 0.25) is 5.91 Å². The fraction of sp³-hybridized carbons (Fsp3) is 0.105. The predicted octanol–water partition coefficient (Wildman–Crippen LogP) is 3.67. The minimum Gasteiger partial charge on any atom is -0.387 e. The Hall–Kier alpha value is -3.04. The molecule has 0 radical (unpaired) electrons. The van der Waals surface area contributed by atoms with Gasteiger partial charge in [-0.2, -0.15) is 4.68 Å². The van der Waals surface area contributed by atoms with Crippen molar-refractivity contribution in [1.29, 1.82) is 0 Å². The highest BCUT2D eigenvalue weighted by Gasteiger charge is 2.20. The fourth-order valence-electron chi connectivity index (χ4n) is 2.68. The zero-order chi connectivity index (χ0) is 19.5. The van der Waals surface area contributed by atoms with Crippen LogP contribution in [0.3, 0.4) is 0 Å². The molecule has 1 amide bonds. The van der Waals surface area contributed by atoms with E-state index in [-0.39, 0.29) is 18.3 Å². The number of carbonyl (C=O) groups is 1. The Balaban J connectivity index is 1.54. The largest absolute Gasteiger partial charge is 0.437 e. The first-order valence-electron chi connectivity index (χ1n) is 8.30. The van der Waals surface area contributed by atoms with Crippen molar-refractivity contribution in [3.05, 3.63) is 86.1 Å². The van der Waals surface area contributed by atoms with Crippen molar-refractivity contribution in [2.45, 2.75) is 12.6 Å². The van der Waals surface area contributed by atoms with Gasteiger partial charge in [0.25, 0.3) is 5.89 Å². The lowest BCUT2D eigenvalue weighted by atomic mass is 10.1. The van der Waals surface area contributed by atoms with E-state index in [0.29, 0.717) is 4.88 Å². The average molecular weight is 415 g/mol. The van der Waals surface area contributed by atoms with Gasteiger partial charge < -0.3 is 9.73 Å². The van der Waals surface area contributed by atoms with Crippen LogP contribution in [0.5, 0.6) is 0 Å². The first kappa shape index (κ1) is 18.3. The lowest BCUT2D eigenvalue weighted by Crippen LogP contribution is -2.34. The summed E-state index contributed by atoms with van der Waals surface area (Å²) in [6.07, 6.45) is 0. The molecule has 0 saturated carbocycles. The molecule has 4 aromatic rings. The fourth-order valence-corrected chi connectivity index (χ4v) is 4.12. The molecule has 3 heterocycles. The van der Waals surface area contributed by atoms with Gasteiger partial charge in [0.1, 0.15) is 12.4 Å². The van der Waals surface area contributed by atoms with Gasteiger partial charge in [0.15, 0.2) is 0 Å². The Morgan fingerprint density at radius 2 is 1.89 bits per heavy atom. The number of rotatable bonds is 6. The van der Waals surface area contributed by atoms with Crippen molar-refractivity contribution >= 4 is 28.6 Å². The normalized spacial score (nSPS) is 12.0. The van der Waals surface area contributed by atoms with Crippen LogP contribution in [-0.4, -0.2) is 15.7 Å². The Bertz CT molecular complexity index is 1120. The SMILES string of the molecule is O=C(Cn1nc(-c2cccs2)oc1=O)N[C@H](c1ccc(F)cc1)c1cccs1. The van der Waals surface area contributed by atoms with Gasteiger partial charge in [-0.15, -0.1) is 27.8 Å². The minimum atomic E-state index is -0.701. The second-order valence-corrected chi connectivity index (χ2v) is 7.80. The third-order valence-electron chi connectivity index (χ3n) is 3.97. The quantitative estimate of drug-likeness (QED) is 0.521. The predicted molar refractivity (Wildman–Crippen MR) is 105 cm³/mol. The summed E-state index contributed by atoms with van der Waals surface area (Å²) in [6, 6.07) is 12.8. The molecule has 0 fully saturated rings. The Morgan fingerprint density at radius 1 is 1.14 bits per heavy atom. The maximum atomic E-state index is 13.3. The second-order valence-electron chi connectivity index (χ2n) is 5.88. The highest BCUT2D eigenvalue weighted by Crippen LogP contribution is 2.26. The van der Waals surface area contributed by atoms with Gasteiger partial charge in [-0.25, -0.2) is 9.18 Å². The van der Waals surface area contributed by atoms with Crippen molar-refractivity contribution in [3.8, 4) is 10.8 Å². The zero-order valence-corrected chi connectivity index (χ0v) is 16.0. The van der Waals surface area contributed by atoms with E-state index < -0.39 is 17.7 Å². The van der Waals surface area contributed by atoms with Crippen molar-refractivity contribution < 1.29 is 13.6 Å². The van der Waals surface area contributed by atoms with Crippen molar-refractivity contribution in [2.75, 3.05) is 0 Å². The molecule has 142 valence electrons. The summed E-state index contributed by atoms with van der Waals surface area (Å²) in [5.74, 6) is -1.28. The molecular formula is C19H14FN3O3S2. The van der Waals surface area contributed by atoms with Crippen LogP contribution in [0.2, 0.25) is 0 Å². The number of benzene rings is 1. The van der Waals surface area contributed by atoms with Gasteiger partial charge >= 0.3 is 5.76 Å². The number of halogens is 1. The van der Waals surface area contributed by atoms with Crippen LogP contribution in [0.4, 0.5) is 4.39 Å². The van der Waals surface area contributed by atoms with E-state index in [2.05, 4.69) is 10.4 Å². The number of aromatic nitrogens is 2. The molecule has 0 unspecified atom stereocenters. The molecule has 4 rings (SSSR count). The number of carbonyl (C=O) groups excluding carboxylic acids is 1. The molecule has 0 spiro atoms. The molecule has 0 bridgehead atoms. The average Bonchev–Trinajstić information content (AvgIpc) is 3.44. The van der Waals surface area contributed by atoms with Crippen LogP contribution >= 0.6 is 22.7 Å². The van der Waals surface area contributed by atoms with E-state index in [1.807, 2.05) is 29.0 Å². The van der Waals surface area contributed by atoms with E-state index in [4.69, 9.17) is 4.42 Å². The molecule has 1 atom stereocenters. The van der Waals surface area contributed by atoms with Crippen molar-refractivity contribution in [3.63, 3.8) is 0 Å². The summed E-state index contributed by atoms with van der Waals surface area (Å²) >= 11 is 2.86. The molecule has 6 nitrogen and oxygen atoms in total. The van der Waals surface area contributed by atoms with Crippen LogP contribution in [0.1, 0.15) is 16.5 Å². The third kappa shape index (κ3) is 3.95. The lowest BCUT2D eigenvalue weighted by molar-refractivity contribution is -0.122. The van der Waals surface area contributed by atoms with E-state index >= 15 is 0 Å². The summed E-state index contributed by atoms with van der Waals surface area (Å²) in [6.45, 7) is -0.281. The van der Waals surface area contributed by atoms with Crippen molar-refractivity contribution in [2.24, 2.45) is 0 Å². The lowest BCUT2D eigenvalue weighted by Gasteiger charge is -2.18. The second kappa shape index (κ2) is 7.91. The van der Waals surface area contributed by atoms with E-state index in [9.17, 15) is 14.0 Å². The zero-order valence-electron chi connectivity index (χ0n) is 14.4. The maximum absolute atomic E-state index is 13.3.